The number of fused-ring (bicyclic) bond motifs is 1. The zero-order chi connectivity index (χ0) is 48.7. The van der Waals surface area contributed by atoms with Crippen molar-refractivity contribution in [3.8, 4) is 23.0 Å². The molecule has 1 unspecified atom stereocenters. The van der Waals surface area contributed by atoms with Crippen LogP contribution in [0.25, 0.3) is 11.0 Å². The first-order valence-electron chi connectivity index (χ1n) is 20.2. The van der Waals surface area contributed by atoms with E-state index >= 15 is 0 Å². The van der Waals surface area contributed by atoms with E-state index in [-0.39, 0.29) is 43.2 Å². The van der Waals surface area contributed by atoms with Gasteiger partial charge in [0, 0.05) is 40.6 Å². The number of imidazole rings is 1. The number of pyridine rings is 1. The van der Waals surface area contributed by atoms with Gasteiger partial charge in [0.2, 0.25) is 0 Å². The zero-order valence-electron chi connectivity index (χ0n) is 37.2. The maximum Gasteiger partial charge on any atom is 0.344 e. The fourth-order valence-electron chi connectivity index (χ4n) is 6.52. The van der Waals surface area contributed by atoms with E-state index < -0.39 is 95.6 Å². The van der Waals surface area contributed by atoms with Crippen LogP contribution in [0.2, 0.25) is 0 Å². The highest BCUT2D eigenvalue weighted by Gasteiger charge is 2.33. The topological polar surface area (TPSA) is 246 Å². The van der Waals surface area contributed by atoms with Gasteiger partial charge in [-0.2, -0.15) is 8.96 Å². The third-order valence-electron chi connectivity index (χ3n) is 10.1. The number of aryl methyl sites for hydroxylation is 3. The average molecular weight is 998 g/mol. The number of benzene rings is 4. The minimum atomic E-state index is -4.75. The molecule has 0 N–H and O–H groups in total. The highest BCUT2D eigenvalue weighted by Crippen LogP contribution is 2.35. The highest BCUT2D eigenvalue weighted by molar-refractivity contribution is 7.93. The monoisotopic (exact) mass is 997 g/mol. The van der Waals surface area contributed by atoms with Gasteiger partial charge in [-0.3, -0.25) is 4.98 Å². The fraction of sp³-hybridized carbons (Fsp3) is 0.289. The first-order valence-corrected chi connectivity index (χ1v) is 26.3. The van der Waals surface area contributed by atoms with Gasteiger partial charge in [0.1, 0.15) is 24.7 Å². The van der Waals surface area contributed by atoms with Gasteiger partial charge in [0.05, 0.1) is 57.1 Å². The predicted octanol–water partition coefficient (Wildman–Crippen LogP) is 5.02. The summed E-state index contributed by atoms with van der Waals surface area (Å²) in [7, 11) is -9.46. The molecular weight excluding hydrogens is 951 g/mol. The van der Waals surface area contributed by atoms with Crippen molar-refractivity contribution in [3.05, 3.63) is 119 Å². The number of carbonyl (C=O) groups is 2. The lowest BCUT2D eigenvalue weighted by Crippen LogP contribution is -2.22. The quantitative estimate of drug-likeness (QED) is 0.0679. The van der Waals surface area contributed by atoms with Gasteiger partial charge in [-0.25, -0.2) is 34.8 Å². The Morgan fingerprint density at radius 2 is 1.21 bits per heavy atom. The van der Waals surface area contributed by atoms with Crippen molar-refractivity contribution in [1.29, 1.82) is 0 Å². The van der Waals surface area contributed by atoms with Gasteiger partial charge in [-0.15, -0.1) is 0 Å². The molecule has 0 saturated carbocycles. The summed E-state index contributed by atoms with van der Waals surface area (Å²) >= 11 is -2.14. The normalized spacial score (nSPS) is 12.3. The Bertz CT molecular complexity index is 3120. The summed E-state index contributed by atoms with van der Waals surface area (Å²) in [6.45, 7) is 4.42. The Morgan fingerprint density at radius 3 is 1.75 bits per heavy atom. The van der Waals surface area contributed by atoms with E-state index in [1.807, 2.05) is 0 Å². The number of ether oxygens (including phenoxy) is 6. The number of methoxy groups -OCH3 is 2. The fourth-order valence-corrected chi connectivity index (χ4v) is 11.8. The van der Waals surface area contributed by atoms with Crippen LogP contribution in [-0.2, 0) is 65.7 Å². The van der Waals surface area contributed by atoms with Gasteiger partial charge in [0.25, 0.3) is 10.0 Å². The van der Waals surface area contributed by atoms with Crippen LogP contribution in [0.3, 0.4) is 0 Å². The lowest BCUT2D eigenvalue weighted by Gasteiger charge is -2.17. The van der Waals surface area contributed by atoms with E-state index in [0.717, 1.165) is 38.9 Å². The summed E-state index contributed by atoms with van der Waals surface area (Å²) in [4.78, 5) is 34.2. The van der Waals surface area contributed by atoms with Gasteiger partial charge < -0.3 is 33.0 Å². The van der Waals surface area contributed by atoms with Crippen LogP contribution >= 0.6 is 0 Å². The van der Waals surface area contributed by atoms with E-state index in [1.54, 1.807) is 58.2 Å². The van der Waals surface area contributed by atoms with Gasteiger partial charge in [0.15, 0.2) is 50.1 Å². The van der Waals surface area contributed by atoms with Crippen LogP contribution in [0.4, 0.5) is 0 Å². The molecule has 2 heterocycles. The van der Waals surface area contributed by atoms with Crippen LogP contribution in [-0.4, -0.2) is 108 Å². The van der Waals surface area contributed by atoms with E-state index in [2.05, 4.69) is 9.97 Å². The van der Waals surface area contributed by atoms with Gasteiger partial charge in [-0.05, 0) is 76.2 Å². The van der Waals surface area contributed by atoms with Crippen molar-refractivity contribution in [1.82, 2.24) is 13.9 Å². The van der Waals surface area contributed by atoms with Gasteiger partial charge in [-0.1, -0.05) is 35.4 Å². The molecule has 4 aromatic carbocycles. The van der Waals surface area contributed by atoms with Crippen LogP contribution in [0.1, 0.15) is 27.9 Å². The van der Waals surface area contributed by atoms with Crippen molar-refractivity contribution in [2.24, 2.45) is 0 Å². The molecule has 0 radical (unpaired) electrons. The number of rotatable bonds is 21. The summed E-state index contributed by atoms with van der Waals surface area (Å²) in [5, 5.41) is -0.358. The minimum absolute atomic E-state index is 0.0365. The maximum absolute atomic E-state index is 14.8. The second kappa shape index (κ2) is 21.2. The second-order valence-corrected chi connectivity index (χ2v) is 22.3. The number of sulfone groups is 2. The molecule has 6 aromatic rings. The second-order valence-electron chi connectivity index (χ2n) is 14.9. The SMILES string of the molecule is COc1ccc2c(c1)nc([S+]([O-])Cc1ncc(C)c(OC)c1C)n2S(=O)(=O)c1ccc(OCC(=O)OCCS(=O)(=O)c2ccc(C)cc2)c(OCC(=O)OCCS(=O)(=O)c2ccc(C)cc2)c1. The van der Waals surface area contributed by atoms with Crippen molar-refractivity contribution in [2.45, 2.75) is 53.3 Å². The number of carbonyl (C=O) groups excluding carboxylic acids is 2. The summed E-state index contributed by atoms with van der Waals surface area (Å²) in [5.41, 5.74) is 3.59. The summed E-state index contributed by atoms with van der Waals surface area (Å²) in [6.07, 6.45) is 1.55. The molecule has 0 amide bonds. The van der Waals surface area contributed by atoms with E-state index in [4.69, 9.17) is 28.4 Å². The molecular formula is C45H47N3O15S4. The number of nitrogens with zero attached hydrogens (tertiary/aromatic N) is 3. The Morgan fingerprint density at radius 1 is 0.672 bits per heavy atom. The zero-order valence-corrected chi connectivity index (χ0v) is 40.5. The molecule has 0 aliphatic rings. The minimum Gasteiger partial charge on any atom is -0.609 e. The average Bonchev–Trinajstić information content (AvgIpc) is 3.69. The van der Waals surface area contributed by atoms with Crippen LogP contribution < -0.4 is 18.9 Å². The van der Waals surface area contributed by atoms with E-state index in [0.29, 0.717) is 22.8 Å². The largest absolute Gasteiger partial charge is 0.609 e. The molecule has 22 heteroatoms. The summed E-state index contributed by atoms with van der Waals surface area (Å²) in [6, 6.07) is 19.9. The number of aromatic nitrogens is 3. The molecule has 6 rings (SSSR count). The third-order valence-corrected chi connectivity index (χ3v) is 16.6. The van der Waals surface area contributed by atoms with E-state index in [1.165, 1.54) is 56.7 Å². The molecule has 67 heavy (non-hydrogen) atoms. The van der Waals surface area contributed by atoms with Crippen LogP contribution in [0.5, 0.6) is 23.0 Å². The molecule has 1 atom stereocenters. The van der Waals surface area contributed by atoms with Crippen LogP contribution in [0, 0.1) is 27.7 Å². The Hall–Kier alpha value is -6.20. The molecule has 0 aliphatic heterocycles. The smallest absolute Gasteiger partial charge is 0.344 e. The lowest BCUT2D eigenvalue weighted by atomic mass is 10.1. The third kappa shape index (κ3) is 12.0. The summed E-state index contributed by atoms with van der Waals surface area (Å²) in [5.74, 6) is -3.10. The van der Waals surface area contributed by atoms with Crippen molar-refractivity contribution in [3.63, 3.8) is 0 Å². The Labute approximate surface area is 391 Å². The van der Waals surface area contributed by atoms with Crippen molar-refractivity contribution < 1.29 is 67.8 Å². The number of hydrogen-bond donors (Lipinski definition) is 0. The molecule has 2 aromatic heterocycles. The van der Waals surface area contributed by atoms with E-state index in [9.17, 15) is 39.4 Å². The summed E-state index contributed by atoms with van der Waals surface area (Å²) < 4.78 is 128. The highest BCUT2D eigenvalue weighted by atomic mass is 32.2. The predicted molar refractivity (Wildman–Crippen MR) is 245 cm³/mol. The number of hydrogen-bond acceptors (Lipinski definition) is 17. The first kappa shape index (κ1) is 50.2. The molecule has 0 aliphatic carbocycles. The lowest BCUT2D eigenvalue weighted by molar-refractivity contribution is -0.146. The molecule has 0 bridgehead atoms. The van der Waals surface area contributed by atoms with Crippen LogP contribution in [0.15, 0.2) is 111 Å². The molecule has 0 fully saturated rings. The van der Waals surface area contributed by atoms with Gasteiger partial charge >= 0.3 is 17.1 Å². The van der Waals surface area contributed by atoms with Crippen molar-refractivity contribution in [2.75, 3.05) is 52.2 Å². The number of esters is 2. The Balaban J connectivity index is 1.27. The molecule has 356 valence electrons. The molecule has 0 saturated heterocycles. The maximum atomic E-state index is 14.8. The van der Waals surface area contributed by atoms with Crippen molar-refractivity contribution >= 4 is 63.8 Å². The Kier molecular flexibility index (Phi) is 15.9. The first-order chi connectivity index (χ1) is 31.7. The molecule has 0 spiro atoms. The standard InChI is InChI=1S/C45H47N3O15S4/c1-29-7-12-34(13-8-29)65(52,53)21-19-60-42(49)26-62-40-18-16-36(24-41(40)63-27-43(50)61-20-22-66(54,55)35-14-9-30(2)10-15-35)67(56,57)48-39-17-11-33(58-5)23-37(39)47-45(48)64(51)28-38-32(4)44(59-6)31(3)25-46-38/h7-18,23-25H,19-22,26-28H2,1-6H3. The molecule has 18 nitrogen and oxygen atoms in total.